The maximum atomic E-state index is 12.1. The van der Waals surface area contributed by atoms with Gasteiger partial charge >= 0.3 is 0 Å². The van der Waals surface area contributed by atoms with E-state index in [0.29, 0.717) is 10.6 Å². The second-order valence-electron chi connectivity index (χ2n) is 5.14. The highest BCUT2D eigenvalue weighted by Crippen LogP contribution is 2.33. The van der Waals surface area contributed by atoms with E-state index in [4.69, 9.17) is 5.73 Å². The molecule has 19 heavy (non-hydrogen) atoms. The second kappa shape index (κ2) is 4.81. The minimum Gasteiger partial charge on any atom is -0.397 e. The predicted molar refractivity (Wildman–Crippen MR) is 78.4 cm³/mol. The Labute approximate surface area is 116 Å². The van der Waals surface area contributed by atoms with Crippen LogP contribution >= 0.6 is 11.3 Å². The molecule has 3 rings (SSSR count). The van der Waals surface area contributed by atoms with Crippen LogP contribution in [0.25, 0.3) is 10.2 Å². The summed E-state index contributed by atoms with van der Waals surface area (Å²) < 4.78 is 0. The Morgan fingerprint density at radius 2 is 2.32 bits per heavy atom. The first-order chi connectivity index (χ1) is 9.15. The van der Waals surface area contributed by atoms with Crippen LogP contribution in [0.3, 0.4) is 0 Å². The van der Waals surface area contributed by atoms with Gasteiger partial charge in [-0.1, -0.05) is 12.8 Å². The minimum absolute atomic E-state index is 0.0706. The van der Waals surface area contributed by atoms with Crippen molar-refractivity contribution in [3.63, 3.8) is 0 Å². The van der Waals surface area contributed by atoms with E-state index in [1.807, 2.05) is 19.1 Å². The lowest BCUT2D eigenvalue weighted by Crippen LogP contribution is -2.24. The largest absolute Gasteiger partial charge is 0.397 e. The van der Waals surface area contributed by atoms with Gasteiger partial charge in [-0.15, -0.1) is 11.3 Å². The van der Waals surface area contributed by atoms with Crippen LogP contribution in [0.15, 0.2) is 12.1 Å². The Bertz CT molecular complexity index is 631. The van der Waals surface area contributed by atoms with Crippen molar-refractivity contribution in [3.05, 3.63) is 22.7 Å². The summed E-state index contributed by atoms with van der Waals surface area (Å²) in [6, 6.07) is 3.85. The smallest absolute Gasteiger partial charge is 0.263 e. The van der Waals surface area contributed by atoms with Gasteiger partial charge in [0.25, 0.3) is 5.91 Å². The van der Waals surface area contributed by atoms with Crippen molar-refractivity contribution in [3.8, 4) is 0 Å². The summed E-state index contributed by atoms with van der Waals surface area (Å²) in [7, 11) is 0. The molecule has 100 valence electrons. The Morgan fingerprint density at radius 1 is 1.53 bits per heavy atom. The number of fused-ring (bicyclic) bond motifs is 1. The number of anilines is 1. The predicted octanol–water partition coefficient (Wildman–Crippen LogP) is 2.72. The third-order valence-corrected chi connectivity index (χ3v) is 4.59. The van der Waals surface area contributed by atoms with Crippen LogP contribution in [0.1, 0.15) is 34.6 Å². The molecule has 0 saturated heterocycles. The third kappa shape index (κ3) is 2.56. The van der Waals surface area contributed by atoms with Crippen LogP contribution in [0.5, 0.6) is 0 Å². The zero-order valence-corrected chi connectivity index (χ0v) is 11.7. The fourth-order valence-electron chi connectivity index (χ4n) is 2.13. The summed E-state index contributed by atoms with van der Waals surface area (Å²) in [6.07, 6.45) is 3.70. The van der Waals surface area contributed by atoms with Crippen molar-refractivity contribution in [2.24, 2.45) is 5.92 Å². The SMILES string of the molecule is Cc1ccc2c(N)c(C(=O)NCCC3CC3)sc2n1. The maximum absolute atomic E-state index is 12.1. The molecule has 1 amide bonds. The van der Waals surface area contributed by atoms with E-state index in [0.717, 1.165) is 34.8 Å². The van der Waals surface area contributed by atoms with Crippen molar-refractivity contribution < 1.29 is 4.79 Å². The van der Waals surface area contributed by atoms with Gasteiger partial charge in [0.1, 0.15) is 9.71 Å². The average molecular weight is 275 g/mol. The molecule has 1 aliphatic carbocycles. The Kier molecular flexibility index (Phi) is 3.14. The van der Waals surface area contributed by atoms with E-state index in [9.17, 15) is 4.79 Å². The highest BCUT2D eigenvalue weighted by atomic mass is 32.1. The maximum Gasteiger partial charge on any atom is 0.263 e. The van der Waals surface area contributed by atoms with E-state index >= 15 is 0 Å². The molecule has 0 radical (unpaired) electrons. The number of thiophene rings is 1. The molecule has 2 aromatic rings. The zero-order valence-electron chi connectivity index (χ0n) is 10.9. The van der Waals surface area contributed by atoms with Crippen LogP contribution in [0.2, 0.25) is 0 Å². The van der Waals surface area contributed by atoms with Gasteiger partial charge in [-0.05, 0) is 31.4 Å². The van der Waals surface area contributed by atoms with Crippen molar-refractivity contribution in [2.75, 3.05) is 12.3 Å². The van der Waals surface area contributed by atoms with Crippen LogP contribution in [0, 0.1) is 12.8 Å². The number of amides is 1. The third-order valence-electron chi connectivity index (χ3n) is 3.47. The Hall–Kier alpha value is -1.62. The van der Waals surface area contributed by atoms with Crippen molar-refractivity contribution in [1.82, 2.24) is 10.3 Å². The van der Waals surface area contributed by atoms with E-state index < -0.39 is 0 Å². The summed E-state index contributed by atoms with van der Waals surface area (Å²) in [5.41, 5.74) is 7.53. The number of aryl methyl sites for hydroxylation is 1. The number of nitrogens with two attached hydrogens (primary N) is 1. The number of hydrogen-bond donors (Lipinski definition) is 2. The molecule has 2 aromatic heterocycles. The van der Waals surface area contributed by atoms with Gasteiger partial charge in [0, 0.05) is 17.6 Å². The topological polar surface area (TPSA) is 68.0 Å². The summed E-state index contributed by atoms with van der Waals surface area (Å²) in [4.78, 5) is 18.0. The highest BCUT2D eigenvalue weighted by Gasteiger charge is 2.22. The van der Waals surface area contributed by atoms with Gasteiger partial charge < -0.3 is 11.1 Å². The average Bonchev–Trinajstić information content (AvgIpc) is 3.14. The molecule has 4 nitrogen and oxygen atoms in total. The minimum atomic E-state index is -0.0706. The summed E-state index contributed by atoms with van der Waals surface area (Å²) in [5, 5.41) is 3.83. The number of pyridine rings is 1. The molecule has 5 heteroatoms. The molecule has 2 heterocycles. The molecular weight excluding hydrogens is 258 g/mol. The van der Waals surface area contributed by atoms with Gasteiger partial charge in [0.05, 0.1) is 5.69 Å². The number of nitrogens with zero attached hydrogens (tertiary/aromatic N) is 1. The molecule has 0 aliphatic heterocycles. The zero-order chi connectivity index (χ0) is 13.4. The summed E-state index contributed by atoms with van der Waals surface area (Å²) >= 11 is 1.37. The first-order valence-corrected chi connectivity index (χ1v) is 7.40. The standard InChI is InChI=1S/C14H17N3OS/c1-8-2-5-10-11(15)12(19-14(10)17-8)13(18)16-7-6-9-3-4-9/h2,5,9H,3-4,6-7,15H2,1H3,(H,16,18). The molecule has 1 saturated carbocycles. The van der Waals surface area contributed by atoms with E-state index in [1.165, 1.54) is 24.2 Å². The van der Waals surface area contributed by atoms with Gasteiger partial charge in [0.2, 0.25) is 0 Å². The molecule has 0 bridgehead atoms. The fourth-order valence-corrected chi connectivity index (χ4v) is 3.19. The van der Waals surface area contributed by atoms with E-state index in [-0.39, 0.29) is 5.91 Å². The number of hydrogen-bond acceptors (Lipinski definition) is 4. The quantitative estimate of drug-likeness (QED) is 0.901. The molecule has 0 spiro atoms. The van der Waals surface area contributed by atoms with Crippen LogP contribution in [0.4, 0.5) is 5.69 Å². The first kappa shape index (κ1) is 12.4. The van der Waals surface area contributed by atoms with Crippen LogP contribution in [-0.4, -0.2) is 17.4 Å². The van der Waals surface area contributed by atoms with Crippen molar-refractivity contribution in [2.45, 2.75) is 26.2 Å². The number of carbonyl (C=O) groups is 1. The van der Waals surface area contributed by atoms with Crippen LogP contribution < -0.4 is 11.1 Å². The molecule has 1 aliphatic rings. The van der Waals surface area contributed by atoms with E-state index in [1.54, 1.807) is 0 Å². The molecule has 1 fully saturated rings. The van der Waals surface area contributed by atoms with Gasteiger partial charge in [0.15, 0.2) is 0 Å². The first-order valence-electron chi connectivity index (χ1n) is 6.59. The molecule has 0 unspecified atom stereocenters. The summed E-state index contributed by atoms with van der Waals surface area (Å²) in [6.45, 7) is 2.67. The highest BCUT2D eigenvalue weighted by molar-refractivity contribution is 7.21. The summed E-state index contributed by atoms with van der Waals surface area (Å²) in [5.74, 6) is 0.753. The lowest BCUT2D eigenvalue weighted by atomic mass is 10.2. The second-order valence-corrected chi connectivity index (χ2v) is 6.14. The lowest BCUT2D eigenvalue weighted by molar-refractivity contribution is 0.0957. The number of carbonyl (C=O) groups excluding carboxylic acids is 1. The monoisotopic (exact) mass is 275 g/mol. The number of rotatable bonds is 4. The number of nitrogen functional groups attached to an aromatic ring is 1. The molecule has 3 N–H and O–H groups in total. The van der Waals surface area contributed by atoms with Gasteiger partial charge in [-0.25, -0.2) is 4.98 Å². The number of aromatic nitrogens is 1. The van der Waals surface area contributed by atoms with Crippen molar-refractivity contribution in [1.29, 1.82) is 0 Å². The Morgan fingerprint density at radius 3 is 3.05 bits per heavy atom. The van der Waals surface area contributed by atoms with Crippen molar-refractivity contribution >= 4 is 33.1 Å². The van der Waals surface area contributed by atoms with Crippen LogP contribution in [-0.2, 0) is 0 Å². The van der Waals surface area contributed by atoms with Gasteiger partial charge in [-0.3, -0.25) is 4.79 Å². The lowest BCUT2D eigenvalue weighted by Gasteiger charge is -2.03. The van der Waals surface area contributed by atoms with Gasteiger partial charge in [-0.2, -0.15) is 0 Å². The number of nitrogens with one attached hydrogen (secondary N) is 1. The van der Waals surface area contributed by atoms with E-state index in [2.05, 4.69) is 10.3 Å². The molecular formula is C14H17N3OS. The Balaban J connectivity index is 1.78. The normalized spacial score (nSPS) is 14.8. The molecule has 0 aromatic carbocycles. The fraction of sp³-hybridized carbons (Fsp3) is 0.429. The molecule has 0 atom stereocenters.